The summed E-state index contributed by atoms with van der Waals surface area (Å²) in [6.07, 6.45) is 2.19. The van der Waals surface area contributed by atoms with E-state index in [2.05, 4.69) is 12.2 Å². The Morgan fingerprint density at radius 1 is 1.41 bits per heavy atom. The standard InChI is InChI=1S/C13H18N2O2/c1-10-4-3-9-15(10)13(16)14-11-5-7-12(17-2)8-6-11/h5-8,10H,3-4,9H2,1-2H3,(H,14,16)/t10-/m1/s1. The molecule has 0 unspecified atom stereocenters. The second-order valence-corrected chi connectivity index (χ2v) is 4.34. The maximum Gasteiger partial charge on any atom is 0.322 e. The number of anilines is 1. The Morgan fingerprint density at radius 3 is 2.65 bits per heavy atom. The first-order chi connectivity index (χ1) is 8.20. The summed E-state index contributed by atoms with van der Waals surface area (Å²) in [5.41, 5.74) is 0.801. The highest BCUT2D eigenvalue weighted by atomic mass is 16.5. The van der Waals surface area contributed by atoms with Crippen LogP contribution < -0.4 is 10.1 Å². The van der Waals surface area contributed by atoms with E-state index in [1.807, 2.05) is 29.2 Å². The lowest BCUT2D eigenvalue weighted by atomic mass is 10.2. The second kappa shape index (κ2) is 5.08. The highest BCUT2D eigenvalue weighted by Crippen LogP contribution is 2.19. The highest BCUT2D eigenvalue weighted by Gasteiger charge is 2.24. The Morgan fingerprint density at radius 2 is 2.12 bits per heavy atom. The molecule has 1 fully saturated rings. The van der Waals surface area contributed by atoms with Crippen molar-refractivity contribution < 1.29 is 9.53 Å². The number of nitrogens with zero attached hydrogens (tertiary/aromatic N) is 1. The second-order valence-electron chi connectivity index (χ2n) is 4.34. The molecule has 4 heteroatoms. The van der Waals surface area contributed by atoms with E-state index in [9.17, 15) is 4.79 Å². The quantitative estimate of drug-likeness (QED) is 0.854. The van der Waals surface area contributed by atoms with Crippen molar-refractivity contribution in [2.24, 2.45) is 0 Å². The summed E-state index contributed by atoms with van der Waals surface area (Å²) in [6.45, 7) is 2.93. The molecule has 1 N–H and O–H groups in total. The van der Waals surface area contributed by atoms with Gasteiger partial charge in [-0.3, -0.25) is 0 Å². The lowest BCUT2D eigenvalue weighted by molar-refractivity contribution is 0.210. The summed E-state index contributed by atoms with van der Waals surface area (Å²) in [5, 5.41) is 2.90. The first-order valence-electron chi connectivity index (χ1n) is 5.92. The van der Waals surface area contributed by atoms with Crippen molar-refractivity contribution in [1.82, 2.24) is 4.90 Å². The molecule has 1 aromatic carbocycles. The van der Waals surface area contributed by atoms with Gasteiger partial charge in [-0.05, 0) is 44.0 Å². The van der Waals surface area contributed by atoms with Gasteiger partial charge in [0.05, 0.1) is 7.11 Å². The fourth-order valence-electron chi connectivity index (χ4n) is 2.10. The first-order valence-corrected chi connectivity index (χ1v) is 5.92. The Bertz CT molecular complexity index is 389. The number of methoxy groups -OCH3 is 1. The van der Waals surface area contributed by atoms with Crippen LogP contribution in [0.3, 0.4) is 0 Å². The summed E-state index contributed by atoms with van der Waals surface area (Å²) in [6, 6.07) is 7.69. The molecule has 1 aromatic rings. The van der Waals surface area contributed by atoms with E-state index in [0.29, 0.717) is 6.04 Å². The summed E-state index contributed by atoms with van der Waals surface area (Å²) in [7, 11) is 1.62. The van der Waals surface area contributed by atoms with Crippen LogP contribution in [0.5, 0.6) is 5.75 Å². The predicted molar refractivity (Wildman–Crippen MR) is 67.4 cm³/mol. The molecule has 17 heavy (non-hydrogen) atoms. The van der Waals surface area contributed by atoms with Crippen molar-refractivity contribution >= 4 is 11.7 Å². The number of carbonyl (C=O) groups excluding carboxylic acids is 1. The van der Waals surface area contributed by atoms with Crippen LogP contribution in [0.15, 0.2) is 24.3 Å². The predicted octanol–water partition coefficient (Wildman–Crippen LogP) is 2.71. The number of nitrogens with one attached hydrogen (secondary N) is 1. The molecule has 0 aliphatic carbocycles. The van der Waals surface area contributed by atoms with Crippen molar-refractivity contribution in [2.45, 2.75) is 25.8 Å². The largest absolute Gasteiger partial charge is 0.497 e. The summed E-state index contributed by atoms with van der Waals surface area (Å²) in [4.78, 5) is 13.8. The zero-order chi connectivity index (χ0) is 12.3. The average molecular weight is 234 g/mol. The fraction of sp³-hybridized carbons (Fsp3) is 0.462. The maximum absolute atomic E-state index is 12.0. The molecular weight excluding hydrogens is 216 g/mol. The number of ether oxygens (including phenoxy) is 1. The molecule has 2 rings (SSSR count). The van der Waals surface area contributed by atoms with Gasteiger partial charge in [0.1, 0.15) is 5.75 Å². The number of likely N-dealkylation sites (tertiary alicyclic amines) is 1. The fourth-order valence-corrected chi connectivity index (χ4v) is 2.10. The van der Waals surface area contributed by atoms with Crippen molar-refractivity contribution in [3.63, 3.8) is 0 Å². The number of benzene rings is 1. The van der Waals surface area contributed by atoms with Gasteiger partial charge in [-0.2, -0.15) is 0 Å². The number of amides is 2. The smallest absolute Gasteiger partial charge is 0.322 e. The Labute approximate surface area is 102 Å². The van der Waals surface area contributed by atoms with Crippen molar-refractivity contribution in [2.75, 3.05) is 19.0 Å². The van der Waals surface area contributed by atoms with Crippen molar-refractivity contribution in [1.29, 1.82) is 0 Å². The lowest BCUT2D eigenvalue weighted by Gasteiger charge is -2.21. The molecule has 0 radical (unpaired) electrons. The first kappa shape index (κ1) is 11.8. The van der Waals surface area contributed by atoms with Crippen LogP contribution in [-0.2, 0) is 0 Å². The van der Waals surface area contributed by atoms with E-state index < -0.39 is 0 Å². The molecule has 0 bridgehead atoms. The summed E-state index contributed by atoms with van der Waals surface area (Å²) < 4.78 is 5.07. The van der Waals surface area contributed by atoms with E-state index in [-0.39, 0.29) is 6.03 Å². The number of carbonyl (C=O) groups is 1. The van der Waals surface area contributed by atoms with Gasteiger partial charge < -0.3 is 15.0 Å². The zero-order valence-electron chi connectivity index (χ0n) is 10.3. The third kappa shape index (κ3) is 2.70. The molecule has 2 amide bonds. The minimum Gasteiger partial charge on any atom is -0.497 e. The van der Waals surface area contributed by atoms with Crippen LogP contribution in [0.2, 0.25) is 0 Å². The molecule has 0 aromatic heterocycles. The molecule has 1 aliphatic rings. The van der Waals surface area contributed by atoms with E-state index in [1.165, 1.54) is 0 Å². The van der Waals surface area contributed by atoms with Gasteiger partial charge in [-0.15, -0.1) is 0 Å². The van der Waals surface area contributed by atoms with Crippen LogP contribution in [-0.4, -0.2) is 30.6 Å². The van der Waals surface area contributed by atoms with Crippen LogP contribution in [0.4, 0.5) is 10.5 Å². The number of rotatable bonds is 2. The third-order valence-corrected chi connectivity index (χ3v) is 3.16. The summed E-state index contributed by atoms with van der Waals surface area (Å²) in [5.74, 6) is 0.789. The van der Waals surface area contributed by atoms with Gasteiger partial charge >= 0.3 is 6.03 Å². The van der Waals surface area contributed by atoms with Crippen LogP contribution in [0.1, 0.15) is 19.8 Å². The van der Waals surface area contributed by atoms with E-state index in [4.69, 9.17) is 4.74 Å². The van der Waals surface area contributed by atoms with Gasteiger partial charge in [0.2, 0.25) is 0 Å². The molecule has 1 heterocycles. The highest BCUT2D eigenvalue weighted by molar-refractivity contribution is 5.89. The zero-order valence-corrected chi connectivity index (χ0v) is 10.3. The monoisotopic (exact) mass is 234 g/mol. The van der Waals surface area contributed by atoms with E-state index in [1.54, 1.807) is 7.11 Å². The van der Waals surface area contributed by atoms with E-state index in [0.717, 1.165) is 30.8 Å². The van der Waals surface area contributed by atoms with Gasteiger partial charge in [0.15, 0.2) is 0 Å². The van der Waals surface area contributed by atoms with Gasteiger partial charge in [0, 0.05) is 18.3 Å². The average Bonchev–Trinajstić information content (AvgIpc) is 2.76. The van der Waals surface area contributed by atoms with E-state index >= 15 is 0 Å². The SMILES string of the molecule is COc1ccc(NC(=O)N2CCC[C@H]2C)cc1. The normalized spacial score (nSPS) is 19.2. The molecule has 4 nitrogen and oxygen atoms in total. The van der Waals surface area contributed by atoms with Crippen LogP contribution >= 0.6 is 0 Å². The number of hydrogen-bond acceptors (Lipinski definition) is 2. The molecule has 92 valence electrons. The molecule has 0 spiro atoms. The van der Waals surface area contributed by atoms with Gasteiger partial charge in [-0.1, -0.05) is 0 Å². The number of urea groups is 1. The topological polar surface area (TPSA) is 41.6 Å². The van der Waals surface area contributed by atoms with Crippen molar-refractivity contribution in [3.05, 3.63) is 24.3 Å². The lowest BCUT2D eigenvalue weighted by Crippen LogP contribution is -2.37. The maximum atomic E-state index is 12.0. The molecule has 1 saturated heterocycles. The molecule has 1 atom stereocenters. The van der Waals surface area contributed by atoms with Gasteiger partial charge in [-0.25, -0.2) is 4.79 Å². The minimum absolute atomic E-state index is 0.0137. The van der Waals surface area contributed by atoms with Crippen LogP contribution in [0.25, 0.3) is 0 Å². The minimum atomic E-state index is -0.0137. The number of hydrogen-bond donors (Lipinski definition) is 1. The Balaban J connectivity index is 1.97. The molecule has 1 aliphatic heterocycles. The van der Waals surface area contributed by atoms with Gasteiger partial charge in [0.25, 0.3) is 0 Å². The summed E-state index contributed by atoms with van der Waals surface area (Å²) >= 11 is 0. The Kier molecular flexibility index (Phi) is 3.52. The Hall–Kier alpha value is -1.71. The molecule has 0 saturated carbocycles. The third-order valence-electron chi connectivity index (χ3n) is 3.16. The van der Waals surface area contributed by atoms with Crippen LogP contribution in [0, 0.1) is 0 Å². The van der Waals surface area contributed by atoms with Crippen molar-refractivity contribution in [3.8, 4) is 5.75 Å². The molecular formula is C13H18N2O2.